The summed E-state index contributed by atoms with van der Waals surface area (Å²) in [6, 6.07) is 8.37. The van der Waals surface area contributed by atoms with Crippen LogP contribution in [0, 0.1) is 13.8 Å². The number of aryl methyl sites for hydroxylation is 2. The van der Waals surface area contributed by atoms with Crippen molar-refractivity contribution < 1.29 is 4.79 Å². The second-order valence-electron chi connectivity index (χ2n) is 5.92. The standard InChI is InChI=1S/C17H21N3O/c1-11-7-8-13(9-12(11)2)15-10-16(20-19-15)17(21)18-14-5-3-4-6-14/h7-10,14H,3-6H2,1-2H3,(H,18,21)(H,19,20). The molecule has 0 spiro atoms. The van der Waals surface area contributed by atoms with E-state index in [9.17, 15) is 4.79 Å². The molecule has 1 amide bonds. The van der Waals surface area contributed by atoms with Crippen LogP contribution < -0.4 is 5.32 Å². The van der Waals surface area contributed by atoms with Gasteiger partial charge in [-0.25, -0.2) is 0 Å². The topological polar surface area (TPSA) is 57.8 Å². The van der Waals surface area contributed by atoms with Crippen LogP contribution >= 0.6 is 0 Å². The van der Waals surface area contributed by atoms with E-state index in [0.29, 0.717) is 11.7 Å². The Labute approximate surface area is 125 Å². The van der Waals surface area contributed by atoms with E-state index in [4.69, 9.17) is 0 Å². The Balaban J connectivity index is 1.75. The van der Waals surface area contributed by atoms with Gasteiger partial charge < -0.3 is 5.32 Å². The maximum Gasteiger partial charge on any atom is 0.269 e. The molecule has 1 aromatic heterocycles. The number of aromatic nitrogens is 2. The number of nitrogens with one attached hydrogen (secondary N) is 2. The van der Waals surface area contributed by atoms with Crippen molar-refractivity contribution in [3.05, 3.63) is 41.1 Å². The summed E-state index contributed by atoms with van der Waals surface area (Å²) in [5.41, 5.74) is 4.88. The average Bonchev–Trinajstić information content (AvgIpc) is 3.12. The predicted molar refractivity (Wildman–Crippen MR) is 83.2 cm³/mol. The molecule has 0 saturated heterocycles. The van der Waals surface area contributed by atoms with E-state index in [1.165, 1.54) is 24.0 Å². The second-order valence-corrected chi connectivity index (χ2v) is 5.92. The summed E-state index contributed by atoms with van der Waals surface area (Å²) in [6.07, 6.45) is 4.59. The number of rotatable bonds is 3. The van der Waals surface area contributed by atoms with Crippen LogP contribution in [0.15, 0.2) is 24.3 Å². The lowest BCUT2D eigenvalue weighted by Gasteiger charge is -2.10. The number of carbonyl (C=O) groups is 1. The highest BCUT2D eigenvalue weighted by Crippen LogP contribution is 2.22. The molecule has 0 aliphatic heterocycles. The molecule has 0 atom stereocenters. The monoisotopic (exact) mass is 283 g/mol. The SMILES string of the molecule is Cc1ccc(-c2cc(C(=O)NC3CCCC3)[nH]n2)cc1C. The Morgan fingerprint density at radius 2 is 1.95 bits per heavy atom. The van der Waals surface area contributed by atoms with E-state index in [1.807, 2.05) is 12.1 Å². The number of hydrogen-bond acceptors (Lipinski definition) is 2. The van der Waals surface area contributed by atoms with Crippen LogP contribution in [0.2, 0.25) is 0 Å². The number of nitrogens with zero attached hydrogens (tertiary/aromatic N) is 1. The van der Waals surface area contributed by atoms with Gasteiger partial charge in [0.15, 0.2) is 0 Å². The van der Waals surface area contributed by atoms with Crippen molar-refractivity contribution in [3.8, 4) is 11.3 Å². The summed E-state index contributed by atoms with van der Waals surface area (Å²) >= 11 is 0. The van der Waals surface area contributed by atoms with Crippen LogP contribution in [0.5, 0.6) is 0 Å². The van der Waals surface area contributed by atoms with Crippen molar-refractivity contribution in [2.24, 2.45) is 0 Å². The summed E-state index contributed by atoms with van der Waals surface area (Å²) in [5.74, 6) is -0.0514. The molecular formula is C17H21N3O. The van der Waals surface area contributed by atoms with Gasteiger partial charge in [-0.05, 0) is 49.9 Å². The third-order valence-corrected chi connectivity index (χ3v) is 4.32. The molecule has 110 valence electrons. The Morgan fingerprint density at radius 3 is 2.67 bits per heavy atom. The van der Waals surface area contributed by atoms with Crippen molar-refractivity contribution in [2.45, 2.75) is 45.6 Å². The minimum Gasteiger partial charge on any atom is -0.348 e. The number of aromatic amines is 1. The molecule has 1 heterocycles. The van der Waals surface area contributed by atoms with E-state index < -0.39 is 0 Å². The molecule has 1 aliphatic carbocycles. The Kier molecular flexibility index (Phi) is 3.78. The molecule has 1 fully saturated rings. The first-order chi connectivity index (χ1) is 10.1. The molecule has 1 aliphatic rings. The lowest BCUT2D eigenvalue weighted by molar-refractivity contribution is 0.0933. The lowest BCUT2D eigenvalue weighted by atomic mass is 10.0. The normalized spacial score (nSPS) is 15.3. The zero-order valence-electron chi connectivity index (χ0n) is 12.6. The number of hydrogen-bond donors (Lipinski definition) is 2. The summed E-state index contributed by atoms with van der Waals surface area (Å²) in [4.78, 5) is 12.2. The van der Waals surface area contributed by atoms with Crippen molar-refractivity contribution in [1.29, 1.82) is 0 Å². The first-order valence-corrected chi connectivity index (χ1v) is 7.57. The number of benzene rings is 1. The lowest BCUT2D eigenvalue weighted by Crippen LogP contribution is -2.32. The van der Waals surface area contributed by atoms with Crippen LogP contribution in [0.4, 0.5) is 0 Å². The van der Waals surface area contributed by atoms with Gasteiger partial charge in [-0.15, -0.1) is 0 Å². The molecule has 3 rings (SSSR count). The molecule has 0 radical (unpaired) electrons. The largest absolute Gasteiger partial charge is 0.348 e. The van der Waals surface area contributed by atoms with Crippen LogP contribution in [0.3, 0.4) is 0 Å². The fraction of sp³-hybridized carbons (Fsp3) is 0.412. The van der Waals surface area contributed by atoms with E-state index in [1.54, 1.807) is 0 Å². The third-order valence-electron chi connectivity index (χ3n) is 4.32. The van der Waals surface area contributed by atoms with E-state index in [0.717, 1.165) is 24.1 Å². The summed E-state index contributed by atoms with van der Waals surface area (Å²) in [5, 5.41) is 10.2. The number of carbonyl (C=O) groups excluding carboxylic acids is 1. The van der Waals surface area contributed by atoms with Crippen LogP contribution in [0.1, 0.15) is 47.3 Å². The summed E-state index contributed by atoms with van der Waals surface area (Å²) in [7, 11) is 0. The minimum atomic E-state index is -0.0514. The van der Waals surface area contributed by atoms with Gasteiger partial charge >= 0.3 is 0 Å². The zero-order chi connectivity index (χ0) is 14.8. The molecule has 1 saturated carbocycles. The van der Waals surface area contributed by atoms with Gasteiger partial charge in [0.05, 0.1) is 5.69 Å². The first-order valence-electron chi connectivity index (χ1n) is 7.57. The Morgan fingerprint density at radius 1 is 1.19 bits per heavy atom. The number of H-pyrrole nitrogens is 1. The fourth-order valence-corrected chi connectivity index (χ4v) is 2.82. The van der Waals surface area contributed by atoms with E-state index >= 15 is 0 Å². The first kappa shape index (κ1) is 13.9. The predicted octanol–water partition coefficient (Wildman–Crippen LogP) is 3.37. The molecule has 4 heteroatoms. The van der Waals surface area contributed by atoms with E-state index in [2.05, 4.69) is 41.5 Å². The van der Waals surface area contributed by atoms with Crippen LogP contribution in [-0.2, 0) is 0 Å². The van der Waals surface area contributed by atoms with Crippen LogP contribution in [-0.4, -0.2) is 22.1 Å². The zero-order valence-corrected chi connectivity index (χ0v) is 12.6. The van der Waals surface area contributed by atoms with E-state index in [-0.39, 0.29) is 5.91 Å². The van der Waals surface area contributed by atoms with Crippen molar-refractivity contribution >= 4 is 5.91 Å². The van der Waals surface area contributed by atoms with Crippen LogP contribution in [0.25, 0.3) is 11.3 Å². The van der Waals surface area contributed by atoms with Crippen molar-refractivity contribution in [2.75, 3.05) is 0 Å². The highest BCUT2D eigenvalue weighted by molar-refractivity contribution is 5.93. The highest BCUT2D eigenvalue weighted by atomic mass is 16.2. The van der Waals surface area contributed by atoms with Gasteiger partial charge in [-0.3, -0.25) is 9.89 Å². The van der Waals surface area contributed by atoms with Crippen molar-refractivity contribution in [3.63, 3.8) is 0 Å². The smallest absolute Gasteiger partial charge is 0.269 e. The quantitative estimate of drug-likeness (QED) is 0.907. The Hall–Kier alpha value is -2.10. The molecule has 0 unspecified atom stereocenters. The molecule has 21 heavy (non-hydrogen) atoms. The third kappa shape index (κ3) is 2.99. The Bertz CT molecular complexity index is 654. The maximum atomic E-state index is 12.2. The average molecular weight is 283 g/mol. The summed E-state index contributed by atoms with van der Waals surface area (Å²) < 4.78 is 0. The fourth-order valence-electron chi connectivity index (χ4n) is 2.82. The summed E-state index contributed by atoms with van der Waals surface area (Å²) in [6.45, 7) is 4.17. The van der Waals surface area contributed by atoms with Gasteiger partial charge in [0, 0.05) is 11.6 Å². The molecule has 4 nitrogen and oxygen atoms in total. The molecule has 2 aromatic rings. The number of amides is 1. The van der Waals surface area contributed by atoms with Crippen molar-refractivity contribution in [1.82, 2.24) is 15.5 Å². The second kappa shape index (κ2) is 5.72. The van der Waals surface area contributed by atoms with Gasteiger partial charge in [0.1, 0.15) is 5.69 Å². The molecule has 2 N–H and O–H groups in total. The molecule has 0 bridgehead atoms. The molecule has 1 aromatic carbocycles. The van der Waals surface area contributed by atoms with Gasteiger partial charge in [0.25, 0.3) is 5.91 Å². The minimum absolute atomic E-state index is 0.0514. The maximum absolute atomic E-state index is 12.2. The molecular weight excluding hydrogens is 262 g/mol. The van der Waals surface area contributed by atoms with Gasteiger partial charge in [0.2, 0.25) is 0 Å². The van der Waals surface area contributed by atoms with Gasteiger partial charge in [-0.2, -0.15) is 5.10 Å². The van der Waals surface area contributed by atoms with Gasteiger partial charge in [-0.1, -0.05) is 25.0 Å². The highest BCUT2D eigenvalue weighted by Gasteiger charge is 2.19.